The predicted molar refractivity (Wildman–Crippen MR) is 168 cm³/mol. The minimum absolute atomic E-state index is 0.0547. The number of nitrogens with zero attached hydrogens (tertiary/aromatic N) is 3. The largest absolute Gasteiger partial charge is 0.480 e. The zero-order valence-electron chi connectivity index (χ0n) is 25.3. The Bertz CT molecular complexity index is 1230. The van der Waals surface area contributed by atoms with Crippen molar-refractivity contribution in [2.24, 2.45) is 11.8 Å². The lowest BCUT2D eigenvalue weighted by molar-refractivity contribution is -0.145. The second-order valence-electron chi connectivity index (χ2n) is 12.7. The van der Waals surface area contributed by atoms with E-state index in [1.54, 1.807) is 12.1 Å². The van der Waals surface area contributed by atoms with Crippen LogP contribution >= 0.6 is 11.6 Å². The fourth-order valence-corrected chi connectivity index (χ4v) is 7.99. The van der Waals surface area contributed by atoms with E-state index in [2.05, 4.69) is 15.1 Å². The summed E-state index contributed by atoms with van der Waals surface area (Å²) in [5.41, 5.74) is 1.93. The van der Waals surface area contributed by atoms with Crippen LogP contribution in [0, 0.1) is 17.7 Å². The second-order valence-corrected chi connectivity index (χ2v) is 13.1. The van der Waals surface area contributed by atoms with Gasteiger partial charge in [0.25, 0.3) is 0 Å². The number of carbonyl (C=O) groups excluding carboxylic acids is 1. The van der Waals surface area contributed by atoms with Gasteiger partial charge in [-0.1, -0.05) is 55.1 Å². The van der Waals surface area contributed by atoms with Gasteiger partial charge in [0.15, 0.2) is 0 Å². The van der Waals surface area contributed by atoms with Gasteiger partial charge in [0.05, 0.1) is 0 Å². The van der Waals surface area contributed by atoms with Gasteiger partial charge in [-0.2, -0.15) is 0 Å². The third-order valence-corrected chi connectivity index (χ3v) is 10.1. The highest BCUT2D eigenvalue weighted by molar-refractivity contribution is 6.30. The van der Waals surface area contributed by atoms with Crippen LogP contribution in [0.5, 0.6) is 0 Å². The highest BCUT2D eigenvalue weighted by Gasteiger charge is 2.43. The van der Waals surface area contributed by atoms with Crippen LogP contribution in [-0.4, -0.2) is 83.2 Å². The molecule has 1 aliphatic carbocycles. The van der Waals surface area contributed by atoms with Crippen LogP contribution < -0.4 is 5.32 Å². The van der Waals surface area contributed by atoms with Crippen LogP contribution in [0.1, 0.15) is 68.9 Å². The van der Waals surface area contributed by atoms with Crippen molar-refractivity contribution in [3.63, 3.8) is 0 Å². The molecule has 7 nitrogen and oxygen atoms in total. The van der Waals surface area contributed by atoms with Crippen LogP contribution in [0.3, 0.4) is 0 Å². The number of carboxylic acids is 1. The van der Waals surface area contributed by atoms with Crippen molar-refractivity contribution < 1.29 is 19.1 Å². The standard InChI is InChI=1S/C34H46ClFN4O3/c1-2-40(34(43)37-20-24-8-6-12-28(35)18-24)30-14-16-38(17-15-30)21-27-22-39(23-31(27)26-11-7-13-29(36)19-26)32(33(41)42)25-9-4-3-5-10-25/h6-8,11-13,18-19,25,27,30-32H,2-5,9-10,14-17,20-23H2,1H3,(H,37,43)(H,41,42). The number of carbonyl (C=O) groups is 2. The third kappa shape index (κ3) is 8.08. The number of rotatable bonds is 10. The van der Waals surface area contributed by atoms with E-state index in [9.17, 15) is 19.1 Å². The van der Waals surface area contributed by atoms with Gasteiger partial charge in [0.2, 0.25) is 0 Å². The highest BCUT2D eigenvalue weighted by Crippen LogP contribution is 2.39. The van der Waals surface area contributed by atoms with Crippen LogP contribution in [0.15, 0.2) is 48.5 Å². The SMILES string of the molecule is CCN(C(=O)NCc1cccc(Cl)c1)C1CCN(CC2CN(C(C(=O)O)C3CCCCC3)CC2c2cccc(F)c2)CC1. The number of halogens is 2. The van der Waals surface area contributed by atoms with Crippen LogP contribution in [0.4, 0.5) is 9.18 Å². The van der Waals surface area contributed by atoms with E-state index >= 15 is 0 Å². The van der Waals surface area contributed by atoms with Crippen molar-refractivity contribution in [3.8, 4) is 0 Å². The van der Waals surface area contributed by atoms with Crippen molar-refractivity contribution in [2.45, 2.75) is 76.4 Å². The van der Waals surface area contributed by atoms with Gasteiger partial charge in [-0.05, 0) is 79.8 Å². The maximum Gasteiger partial charge on any atom is 0.321 e. The summed E-state index contributed by atoms with van der Waals surface area (Å²) in [5.74, 6) is -0.486. The first-order chi connectivity index (χ1) is 20.8. The summed E-state index contributed by atoms with van der Waals surface area (Å²) in [6, 6.07) is 14.0. The molecule has 2 aromatic rings. The molecule has 43 heavy (non-hydrogen) atoms. The summed E-state index contributed by atoms with van der Waals surface area (Å²) in [6.45, 7) is 7.05. The number of benzene rings is 2. The Labute approximate surface area is 260 Å². The van der Waals surface area contributed by atoms with E-state index in [0.717, 1.165) is 69.3 Å². The van der Waals surface area contributed by atoms with Crippen molar-refractivity contribution in [1.82, 2.24) is 20.0 Å². The van der Waals surface area contributed by atoms with E-state index in [1.807, 2.05) is 42.2 Å². The molecule has 3 aliphatic rings. The summed E-state index contributed by atoms with van der Waals surface area (Å²) in [6.07, 6.45) is 7.10. The molecule has 234 valence electrons. The first-order valence-electron chi connectivity index (χ1n) is 16.1. The average molecular weight is 613 g/mol. The molecule has 2 aliphatic heterocycles. The monoisotopic (exact) mass is 612 g/mol. The lowest BCUT2D eigenvalue weighted by Crippen LogP contribution is -2.51. The smallest absolute Gasteiger partial charge is 0.321 e. The Balaban J connectivity index is 1.21. The molecule has 2 N–H and O–H groups in total. The molecule has 3 fully saturated rings. The molecular weight excluding hydrogens is 567 g/mol. The molecule has 0 bridgehead atoms. The van der Waals surface area contributed by atoms with Crippen molar-refractivity contribution in [3.05, 3.63) is 70.5 Å². The molecule has 5 rings (SSSR count). The van der Waals surface area contributed by atoms with Crippen LogP contribution in [0.2, 0.25) is 5.02 Å². The third-order valence-electron chi connectivity index (χ3n) is 9.91. The number of hydrogen-bond donors (Lipinski definition) is 2. The number of piperidine rings is 1. The van der Waals surface area contributed by atoms with Crippen molar-refractivity contribution in [2.75, 3.05) is 39.3 Å². The van der Waals surface area contributed by atoms with Gasteiger partial charge in [-0.15, -0.1) is 0 Å². The lowest BCUT2D eigenvalue weighted by atomic mass is 9.83. The minimum atomic E-state index is -0.723. The topological polar surface area (TPSA) is 76.1 Å². The number of aliphatic carboxylic acids is 1. The Morgan fingerprint density at radius 3 is 2.47 bits per heavy atom. The number of amides is 2. The number of carboxylic acid groups (broad SMARTS) is 1. The maximum atomic E-state index is 14.3. The second kappa shape index (κ2) is 14.9. The zero-order chi connectivity index (χ0) is 30.3. The Hall–Kier alpha value is -2.68. The Kier molecular flexibility index (Phi) is 11.0. The summed E-state index contributed by atoms with van der Waals surface area (Å²) < 4.78 is 14.3. The molecule has 0 radical (unpaired) electrons. The first kappa shape index (κ1) is 31.7. The average Bonchev–Trinajstić information content (AvgIpc) is 3.40. The molecule has 0 aromatic heterocycles. The fraction of sp³-hybridized carbons (Fsp3) is 0.588. The quantitative estimate of drug-likeness (QED) is 0.333. The van der Waals surface area contributed by atoms with Gasteiger partial charge < -0.3 is 20.2 Å². The van der Waals surface area contributed by atoms with Gasteiger partial charge in [0.1, 0.15) is 11.9 Å². The lowest BCUT2D eigenvalue weighted by Gasteiger charge is -2.39. The number of likely N-dealkylation sites (tertiary alicyclic amines) is 2. The summed E-state index contributed by atoms with van der Waals surface area (Å²) in [5, 5.41) is 14.0. The van der Waals surface area contributed by atoms with E-state index < -0.39 is 12.0 Å². The first-order valence-corrected chi connectivity index (χ1v) is 16.4. The van der Waals surface area contributed by atoms with Gasteiger partial charge in [0, 0.05) is 62.8 Å². The number of nitrogens with one attached hydrogen (secondary N) is 1. The molecule has 1 saturated carbocycles. The predicted octanol–water partition coefficient (Wildman–Crippen LogP) is 6.22. The fourth-order valence-electron chi connectivity index (χ4n) is 7.78. The van der Waals surface area contributed by atoms with E-state index in [-0.39, 0.29) is 35.6 Å². The molecule has 2 heterocycles. The Morgan fingerprint density at radius 2 is 1.79 bits per heavy atom. The molecule has 3 atom stereocenters. The normalized spacial score (nSPS) is 23.2. The molecule has 0 spiro atoms. The number of urea groups is 1. The van der Waals surface area contributed by atoms with Crippen LogP contribution in [0.25, 0.3) is 0 Å². The molecule has 9 heteroatoms. The van der Waals surface area contributed by atoms with Gasteiger partial charge >= 0.3 is 12.0 Å². The van der Waals surface area contributed by atoms with E-state index in [0.29, 0.717) is 31.2 Å². The van der Waals surface area contributed by atoms with E-state index in [4.69, 9.17) is 11.6 Å². The summed E-state index contributed by atoms with van der Waals surface area (Å²) >= 11 is 6.10. The van der Waals surface area contributed by atoms with Crippen molar-refractivity contribution >= 4 is 23.6 Å². The molecule has 2 aromatic carbocycles. The Morgan fingerprint density at radius 1 is 1.05 bits per heavy atom. The van der Waals surface area contributed by atoms with Crippen LogP contribution in [-0.2, 0) is 11.3 Å². The summed E-state index contributed by atoms with van der Waals surface area (Å²) in [4.78, 5) is 32.2. The highest BCUT2D eigenvalue weighted by atomic mass is 35.5. The molecule has 3 unspecified atom stereocenters. The van der Waals surface area contributed by atoms with Crippen molar-refractivity contribution in [1.29, 1.82) is 0 Å². The number of hydrogen-bond acceptors (Lipinski definition) is 4. The van der Waals surface area contributed by atoms with Gasteiger partial charge in [-0.3, -0.25) is 9.69 Å². The summed E-state index contributed by atoms with van der Waals surface area (Å²) in [7, 11) is 0. The maximum absolute atomic E-state index is 14.3. The molecular formula is C34H46ClFN4O3. The molecule has 2 saturated heterocycles. The van der Waals surface area contributed by atoms with E-state index in [1.165, 1.54) is 12.5 Å². The molecule has 2 amide bonds. The zero-order valence-corrected chi connectivity index (χ0v) is 26.0. The van der Waals surface area contributed by atoms with Gasteiger partial charge in [-0.25, -0.2) is 9.18 Å². The minimum Gasteiger partial charge on any atom is -0.480 e.